The summed E-state index contributed by atoms with van der Waals surface area (Å²) in [7, 11) is 1.50. The number of nitrogens with one attached hydrogen (secondary N) is 1. The Morgan fingerprint density at radius 1 is 1.25 bits per heavy atom. The van der Waals surface area contributed by atoms with Crippen molar-refractivity contribution in [3.8, 4) is 0 Å². The molecule has 2 rings (SSSR count). The van der Waals surface area contributed by atoms with Gasteiger partial charge in [-0.3, -0.25) is 4.79 Å². The number of esters is 1. The first-order chi connectivity index (χ1) is 9.70. The van der Waals surface area contributed by atoms with Crippen molar-refractivity contribution in [1.29, 1.82) is 0 Å². The molecule has 0 atom stereocenters. The summed E-state index contributed by atoms with van der Waals surface area (Å²) in [6.07, 6.45) is 1.26. The molecule has 1 aliphatic heterocycles. The van der Waals surface area contributed by atoms with Crippen LogP contribution in [0.3, 0.4) is 0 Å². The van der Waals surface area contributed by atoms with Crippen LogP contribution in [0.4, 0.5) is 0 Å². The third-order valence-electron chi connectivity index (χ3n) is 2.86. The summed E-state index contributed by atoms with van der Waals surface area (Å²) < 4.78 is 5.36. The van der Waals surface area contributed by atoms with Crippen molar-refractivity contribution in [1.82, 2.24) is 5.32 Å². The van der Waals surface area contributed by atoms with Crippen LogP contribution in [-0.4, -0.2) is 37.0 Å². The van der Waals surface area contributed by atoms with Crippen LogP contribution < -0.4 is 5.32 Å². The van der Waals surface area contributed by atoms with Gasteiger partial charge in [-0.1, -0.05) is 12.1 Å². The van der Waals surface area contributed by atoms with Crippen molar-refractivity contribution < 1.29 is 14.3 Å². The number of thioether (sulfide) groups is 2. The molecule has 0 aromatic heterocycles. The zero-order chi connectivity index (χ0) is 14.4. The van der Waals surface area contributed by atoms with E-state index in [1.807, 2.05) is 35.7 Å². The molecule has 4 nitrogen and oxygen atoms in total. The normalized spacial score (nSPS) is 15.7. The molecule has 1 amide bonds. The predicted octanol–water partition coefficient (Wildman–Crippen LogP) is 2.46. The summed E-state index contributed by atoms with van der Waals surface area (Å²) in [5.74, 6) is 1.59. The van der Waals surface area contributed by atoms with Gasteiger partial charge in [0.25, 0.3) is 5.91 Å². The zero-order valence-electron chi connectivity index (χ0n) is 11.3. The monoisotopic (exact) mass is 311 g/mol. The number of rotatable bonds is 4. The fraction of sp³-hybridized carbons (Fsp3) is 0.429. The number of hydrogen-bond donors (Lipinski definition) is 1. The average Bonchev–Trinajstić information content (AvgIpc) is 2.53. The number of carbonyl (C=O) groups is 2. The number of benzene rings is 1. The van der Waals surface area contributed by atoms with Gasteiger partial charge in [-0.25, -0.2) is 4.79 Å². The zero-order valence-corrected chi connectivity index (χ0v) is 12.9. The standard InChI is InChI=1S/C14H17NO3S2/c1-15-12(16)9-18-13(17)10-3-5-11(6-4-10)14-19-7-2-8-20-14/h3-6,14H,2,7-9H2,1H3,(H,15,16). The number of likely N-dealkylation sites (N-methyl/N-ethyl adjacent to an activating group) is 1. The third-order valence-corrected chi connectivity index (χ3v) is 5.87. The Hall–Kier alpha value is -1.14. The molecule has 0 saturated carbocycles. The van der Waals surface area contributed by atoms with Gasteiger partial charge in [-0.2, -0.15) is 0 Å². The lowest BCUT2D eigenvalue weighted by atomic mass is 10.1. The molecule has 1 N–H and O–H groups in total. The molecular weight excluding hydrogens is 294 g/mol. The maximum atomic E-state index is 11.7. The Morgan fingerprint density at radius 3 is 2.50 bits per heavy atom. The van der Waals surface area contributed by atoms with E-state index in [0.29, 0.717) is 10.1 Å². The lowest BCUT2D eigenvalue weighted by Crippen LogP contribution is -2.25. The lowest BCUT2D eigenvalue weighted by Gasteiger charge is -2.21. The van der Waals surface area contributed by atoms with Crippen LogP contribution in [-0.2, 0) is 9.53 Å². The molecular formula is C14H17NO3S2. The molecule has 0 unspecified atom stereocenters. The molecule has 0 bridgehead atoms. The number of ether oxygens (including phenoxy) is 1. The van der Waals surface area contributed by atoms with E-state index >= 15 is 0 Å². The Balaban J connectivity index is 1.93. The van der Waals surface area contributed by atoms with E-state index in [1.54, 1.807) is 12.1 Å². The van der Waals surface area contributed by atoms with E-state index in [0.717, 1.165) is 0 Å². The fourth-order valence-corrected chi connectivity index (χ4v) is 4.64. The molecule has 108 valence electrons. The summed E-state index contributed by atoms with van der Waals surface area (Å²) in [5.41, 5.74) is 1.70. The van der Waals surface area contributed by atoms with Crippen LogP contribution in [0.15, 0.2) is 24.3 Å². The highest BCUT2D eigenvalue weighted by molar-refractivity contribution is 8.16. The van der Waals surface area contributed by atoms with Gasteiger partial charge in [-0.05, 0) is 35.6 Å². The largest absolute Gasteiger partial charge is 0.452 e. The predicted molar refractivity (Wildman–Crippen MR) is 83.1 cm³/mol. The molecule has 1 saturated heterocycles. The first-order valence-electron chi connectivity index (χ1n) is 6.41. The van der Waals surface area contributed by atoms with Gasteiger partial charge in [-0.15, -0.1) is 23.5 Å². The van der Waals surface area contributed by atoms with Crippen molar-refractivity contribution in [3.05, 3.63) is 35.4 Å². The van der Waals surface area contributed by atoms with Crippen molar-refractivity contribution in [2.75, 3.05) is 25.2 Å². The Kier molecular flexibility index (Phi) is 5.79. The van der Waals surface area contributed by atoms with Crippen LogP contribution >= 0.6 is 23.5 Å². The molecule has 0 spiro atoms. The van der Waals surface area contributed by atoms with E-state index in [-0.39, 0.29) is 12.5 Å². The molecule has 1 fully saturated rings. The first-order valence-corrected chi connectivity index (χ1v) is 8.51. The molecule has 1 aromatic carbocycles. The Bertz CT molecular complexity index is 470. The summed E-state index contributed by atoms with van der Waals surface area (Å²) in [4.78, 5) is 22.8. The van der Waals surface area contributed by atoms with Gasteiger partial charge in [0, 0.05) is 7.05 Å². The lowest BCUT2D eigenvalue weighted by molar-refractivity contribution is -0.123. The number of amides is 1. The average molecular weight is 311 g/mol. The van der Waals surface area contributed by atoms with Crippen molar-refractivity contribution >= 4 is 35.4 Å². The smallest absolute Gasteiger partial charge is 0.338 e. The number of hydrogen-bond acceptors (Lipinski definition) is 5. The van der Waals surface area contributed by atoms with Gasteiger partial charge in [0.15, 0.2) is 6.61 Å². The summed E-state index contributed by atoms with van der Waals surface area (Å²) in [6.45, 7) is -0.245. The highest BCUT2D eigenvalue weighted by atomic mass is 32.2. The Labute approximate surface area is 127 Å². The molecule has 0 radical (unpaired) electrons. The maximum absolute atomic E-state index is 11.7. The van der Waals surface area contributed by atoms with Crippen molar-refractivity contribution in [3.63, 3.8) is 0 Å². The van der Waals surface area contributed by atoms with Gasteiger partial charge in [0.2, 0.25) is 0 Å². The highest BCUT2D eigenvalue weighted by Crippen LogP contribution is 2.43. The summed E-state index contributed by atoms with van der Waals surface area (Å²) in [5, 5.41) is 2.40. The number of carbonyl (C=O) groups excluding carboxylic acids is 2. The van der Waals surface area contributed by atoms with Crippen molar-refractivity contribution in [2.24, 2.45) is 0 Å². The second-order valence-electron chi connectivity index (χ2n) is 4.30. The van der Waals surface area contributed by atoms with Crippen LogP contribution in [0.25, 0.3) is 0 Å². The minimum absolute atomic E-state index is 0.245. The molecule has 6 heteroatoms. The summed E-state index contributed by atoms with van der Waals surface area (Å²) >= 11 is 3.88. The van der Waals surface area contributed by atoms with E-state index in [2.05, 4.69) is 5.32 Å². The SMILES string of the molecule is CNC(=O)COC(=O)c1ccc(C2SCCCS2)cc1. The minimum atomic E-state index is -0.468. The van der Waals surface area contributed by atoms with E-state index in [4.69, 9.17) is 4.74 Å². The fourth-order valence-electron chi connectivity index (χ4n) is 1.74. The molecule has 1 aliphatic rings. The van der Waals surface area contributed by atoms with Crippen LogP contribution in [0.1, 0.15) is 26.9 Å². The van der Waals surface area contributed by atoms with Gasteiger partial charge in [0.05, 0.1) is 10.1 Å². The highest BCUT2D eigenvalue weighted by Gasteiger charge is 2.17. The minimum Gasteiger partial charge on any atom is -0.452 e. The van der Waals surface area contributed by atoms with Crippen LogP contribution in [0.5, 0.6) is 0 Å². The Morgan fingerprint density at radius 2 is 1.90 bits per heavy atom. The van der Waals surface area contributed by atoms with Crippen molar-refractivity contribution in [2.45, 2.75) is 11.0 Å². The molecule has 20 heavy (non-hydrogen) atoms. The second-order valence-corrected chi connectivity index (χ2v) is 7.02. The van der Waals surface area contributed by atoms with Crippen LogP contribution in [0.2, 0.25) is 0 Å². The van der Waals surface area contributed by atoms with E-state index in [1.165, 1.54) is 30.5 Å². The maximum Gasteiger partial charge on any atom is 0.338 e. The van der Waals surface area contributed by atoms with Crippen LogP contribution in [0, 0.1) is 0 Å². The third kappa shape index (κ3) is 4.18. The molecule has 0 aliphatic carbocycles. The van der Waals surface area contributed by atoms with E-state index in [9.17, 15) is 9.59 Å². The van der Waals surface area contributed by atoms with Gasteiger partial charge < -0.3 is 10.1 Å². The van der Waals surface area contributed by atoms with E-state index < -0.39 is 5.97 Å². The second kappa shape index (κ2) is 7.59. The summed E-state index contributed by atoms with van der Waals surface area (Å²) in [6, 6.07) is 7.45. The van der Waals surface area contributed by atoms with Gasteiger partial charge in [0.1, 0.15) is 0 Å². The first kappa shape index (κ1) is 15.3. The topological polar surface area (TPSA) is 55.4 Å². The quantitative estimate of drug-likeness (QED) is 0.866. The molecule has 1 aromatic rings. The van der Waals surface area contributed by atoms with Gasteiger partial charge >= 0.3 is 5.97 Å². The molecule has 1 heterocycles.